The Morgan fingerprint density at radius 3 is 2.55 bits per heavy atom. The van der Waals surface area contributed by atoms with Crippen LogP contribution >= 0.6 is 0 Å². The first-order valence-corrected chi connectivity index (χ1v) is 9.47. The zero-order valence-electron chi connectivity index (χ0n) is 16.9. The van der Waals surface area contributed by atoms with Crippen LogP contribution in [-0.2, 0) is 16.1 Å². The molecule has 0 bridgehead atoms. The van der Waals surface area contributed by atoms with Gasteiger partial charge in [0.15, 0.2) is 17.0 Å². The van der Waals surface area contributed by atoms with E-state index in [0.717, 1.165) is 6.07 Å². The maximum atomic E-state index is 14.5. The van der Waals surface area contributed by atoms with Crippen molar-refractivity contribution >= 4 is 46.5 Å². The number of fused-ring (bicyclic) bond motifs is 1. The Labute approximate surface area is 185 Å². The van der Waals surface area contributed by atoms with Crippen LogP contribution in [0.5, 0.6) is 0 Å². The van der Waals surface area contributed by atoms with E-state index in [0.29, 0.717) is 5.69 Å². The normalized spacial score (nSPS) is 11.7. The largest absolute Gasteiger partial charge is 0.481 e. The number of hydrogen-bond acceptors (Lipinski definition) is 10. The molecule has 3 aromatic rings. The number of carbonyl (C=O) groups excluding carboxylic acids is 1. The third-order valence-electron chi connectivity index (χ3n) is 4.44. The van der Waals surface area contributed by atoms with Gasteiger partial charge in [-0.3, -0.25) is 9.59 Å². The molecule has 0 fully saturated rings. The molecule has 0 aliphatic rings. The number of aliphatic carboxylic acids is 2. The fraction of sp³-hybridized carbons (Fsp3) is 0.211. The quantitative estimate of drug-likeness (QED) is 0.256. The van der Waals surface area contributed by atoms with Crippen LogP contribution in [0.25, 0.3) is 11.2 Å². The number of halogens is 1. The summed E-state index contributed by atoms with van der Waals surface area (Å²) in [5.41, 5.74) is 12.1. The van der Waals surface area contributed by atoms with Gasteiger partial charge in [-0.25, -0.2) is 19.2 Å². The summed E-state index contributed by atoms with van der Waals surface area (Å²) < 4.78 is 14.5. The van der Waals surface area contributed by atoms with Gasteiger partial charge in [0.1, 0.15) is 11.9 Å². The van der Waals surface area contributed by atoms with Crippen molar-refractivity contribution in [2.45, 2.75) is 25.4 Å². The molecule has 1 atom stereocenters. The Morgan fingerprint density at radius 1 is 1.12 bits per heavy atom. The first-order chi connectivity index (χ1) is 15.6. The summed E-state index contributed by atoms with van der Waals surface area (Å²) in [6, 6.07) is 2.09. The highest BCUT2D eigenvalue weighted by molar-refractivity contribution is 5.97. The SMILES string of the molecule is Nc1nc(N)c2nc(CNc3ccc(C(=O)NC(CCC(=O)O)C(=O)O)cc3F)cnc2n1. The van der Waals surface area contributed by atoms with Crippen molar-refractivity contribution in [1.29, 1.82) is 0 Å². The van der Waals surface area contributed by atoms with Crippen LogP contribution in [0.4, 0.5) is 21.8 Å². The molecule has 0 spiro atoms. The van der Waals surface area contributed by atoms with E-state index < -0.39 is 36.1 Å². The number of nitrogen functional groups attached to an aromatic ring is 2. The van der Waals surface area contributed by atoms with Crippen molar-refractivity contribution in [3.8, 4) is 0 Å². The van der Waals surface area contributed by atoms with Gasteiger partial charge in [-0.1, -0.05) is 0 Å². The number of carboxylic acid groups (broad SMARTS) is 2. The molecule has 0 radical (unpaired) electrons. The fourth-order valence-electron chi connectivity index (χ4n) is 2.82. The zero-order chi connectivity index (χ0) is 24.1. The van der Waals surface area contributed by atoms with E-state index >= 15 is 0 Å². The number of carboxylic acids is 2. The van der Waals surface area contributed by atoms with Crippen molar-refractivity contribution in [3.05, 3.63) is 41.5 Å². The second-order valence-corrected chi connectivity index (χ2v) is 6.85. The highest BCUT2D eigenvalue weighted by atomic mass is 19.1. The smallest absolute Gasteiger partial charge is 0.326 e. The van der Waals surface area contributed by atoms with E-state index in [1.807, 2.05) is 0 Å². The number of nitrogens with one attached hydrogen (secondary N) is 2. The molecule has 0 saturated carbocycles. The lowest BCUT2D eigenvalue weighted by molar-refractivity contribution is -0.140. The van der Waals surface area contributed by atoms with Gasteiger partial charge in [-0.15, -0.1) is 0 Å². The van der Waals surface area contributed by atoms with Crippen LogP contribution in [0.3, 0.4) is 0 Å². The number of carbonyl (C=O) groups is 3. The highest BCUT2D eigenvalue weighted by Gasteiger charge is 2.22. The van der Waals surface area contributed by atoms with Gasteiger partial charge in [0.2, 0.25) is 5.95 Å². The number of hydrogen-bond donors (Lipinski definition) is 6. The lowest BCUT2D eigenvalue weighted by Gasteiger charge is -2.14. The van der Waals surface area contributed by atoms with E-state index in [-0.39, 0.29) is 47.1 Å². The number of aromatic nitrogens is 4. The van der Waals surface area contributed by atoms with Gasteiger partial charge < -0.3 is 32.3 Å². The van der Waals surface area contributed by atoms with Gasteiger partial charge in [0.25, 0.3) is 5.91 Å². The topological polar surface area (TPSA) is 219 Å². The summed E-state index contributed by atoms with van der Waals surface area (Å²) in [7, 11) is 0. The lowest BCUT2D eigenvalue weighted by Crippen LogP contribution is -2.41. The molecule has 0 saturated heterocycles. The molecule has 8 N–H and O–H groups in total. The third kappa shape index (κ3) is 5.75. The Morgan fingerprint density at radius 2 is 1.88 bits per heavy atom. The molecular weight excluding hydrogens is 439 g/mol. The van der Waals surface area contributed by atoms with Crippen LogP contribution in [0.2, 0.25) is 0 Å². The number of benzene rings is 1. The fourth-order valence-corrected chi connectivity index (χ4v) is 2.82. The van der Waals surface area contributed by atoms with E-state index in [9.17, 15) is 18.8 Å². The molecule has 2 heterocycles. The maximum Gasteiger partial charge on any atom is 0.326 e. The van der Waals surface area contributed by atoms with Crippen molar-refractivity contribution in [1.82, 2.24) is 25.3 Å². The first kappa shape index (κ1) is 23.1. The summed E-state index contributed by atoms with van der Waals surface area (Å²) >= 11 is 0. The summed E-state index contributed by atoms with van der Waals surface area (Å²) in [4.78, 5) is 50.2. The molecule has 13 nitrogen and oxygen atoms in total. The van der Waals surface area contributed by atoms with Crippen LogP contribution < -0.4 is 22.1 Å². The monoisotopic (exact) mass is 458 g/mol. The number of rotatable bonds is 9. The van der Waals surface area contributed by atoms with Gasteiger partial charge >= 0.3 is 11.9 Å². The predicted octanol–water partition coefficient (Wildman–Crippen LogP) is 0.383. The number of amides is 1. The molecule has 1 aromatic carbocycles. The first-order valence-electron chi connectivity index (χ1n) is 9.47. The third-order valence-corrected chi connectivity index (χ3v) is 4.44. The molecule has 1 amide bonds. The van der Waals surface area contributed by atoms with Crippen molar-refractivity contribution in [2.24, 2.45) is 0 Å². The predicted molar refractivity (Wildman–Crippen MR) is 113 cm³/mol. The van der Waals surface area contributed by atoms with Gasteiger partial charge in [-0.05, 0) is 24.6 Å². The molecule has 0 aliphatic carbocycles. The minimum absolute atomic E-state index is 0.0390. The van der Waals surface area contributed by atoms with E-state index in [1.165, 1.54) is 18.3 Å². The van der Waals surface area contributed by atoms with Crippen LogP contribution in [0, 0.1) is 5.82 Å². The minimum Gasteiger partial charge on any atom is -0.481 e. The number of nitrogens with two attached hydrogens (primary N) is 2. The van der Waals surface area contributed by atoms with Gasteiger partial charge in [-0.2, -0.15) is 9.97 Å². The zero-order valence-corrected chi connectivity index (χ0v) is 16.9. The number of nitrogens with zero attached hydrogens (tertiary/aromatic N) is 4. The molecule has 3 rings (SSSR count). The Hall–Kier alpha value is -4.62. The van der Waals surface area contributed by atoms with Crippen molar-refractivity contribution in [2.75, 3.05) is 16.8 Å². The molecule has 14 heteroatoms. The van der Waals surface area contributed by atoms with Gasteiger partial charge in [0.05, 0.1) is 24.1 Å². The average molecular weight is 458 g/mol. The Kier molecular flexibility index (Phi) is 6.76. The number of anilines is 3. The van der Waals surface area contributed by atoms with E-state index in [2.05, 4.69) is 30.6 Å². The maximum absolute atomic E-state index is 14.5. The van der Waals surface area contributed by atoms with Crippen LogP contribution in [0.15, 0.2) is 24.4 Å². The molecular formula is C19H19FN8O5. The lowest BCUT2D eigenvalue weighted by atomic mass is 10.1. The highest BCUT2D eigenvalue weighted by Crippen LogP contribution is 2.18. The summed E-state index contributed by atoms with van der Waals surface area (Å²) in [6.45, 7) is 0.0610. The molecule has 1 unspecified atom stereocenters. The van der Waals surface area contributed by atoms with Crippen LogP contribution in [0.1, 0.15) is 28.9 Å². The van der Waals surface area contributed by atoms with Crippen molar-refractivity contribution in [3.63, 3.8) is 0 Å². The second kappa shape index (κ2) is 9.67. The van der Waals surface area contributed by atoms with E-state index in [1.54, 1.807) is 0 Å². The van der Waals surface area contributed by atoms with Crippen molar-refractivity contribution < 1.29 is 29.0 Å². The molecule has 172 valence electrons. The Bertz CT molecular complexity index is 1240. The van der Waals surface area contributed by atoms with E-state index in [4.69, 9.17) is 21.7 Å². The van der Waals surface area contributed by atoms with Crippen LogP contribution in [-0.4, -0.2) is 54.0 Å². The molecule has 33 heavy (non-hydrogen) atoms. The summed E-state index contributed by atoms with van der Waals surface area (Å²) in [5, 5.41) is 22.8. The minimum atomic E-state index is -1.42. The summed E-state index contributed by atoms with van der Waals surface area (Å²) in [6.07, 6.45) is 0.648. The molecule has 2 aromatic heterocycles. The Balaban J connectivity index is 1.68. The summed E-state index contributed by atoms with van der Waals surface area (Å²) in [5.74, 6) is -4.21. The van der Waals surface area contributed by atoms with Gasteiger partial charge in [0, 0.05) is 12.0 Å². The second-order valence-electron chi connectivity index (χ2n) is 6.85. The average Bonchev–Trinajstić information content (AvgIpc) is 2.75. The molecule has 0 aliphatic heterocycles. The standard InChI is InChI=1S/C19H19FN8O5/c20-10-5-8(17(31)26-12(18(32)33)3-4-13(29)30)1-2-11(10)23-6-9-7-24-16-14(25-9)15(21)27-19(22)28-16/h1-2,5,7,12,23H,3-4,6H2,(H,26,31)(H,29,30)(H,32,33)(H4,21,22,24,27,28).